The Labute approximate surface area is 111 Å². The highest BCUT2D eigenvalue weighted by atomic mass is 19.1. The van der Waals surface area contributed by atoms with Gasteiger partial charge in [0.25, 0.3) is 0 Å². The van der Waals surface area contributed by atoms with Crippen molar-refractivity contribution in [1.29, 1.82) is 5.26 Å². The Morgan fingerprint density at radius 1 is 1.16 bits per heavy atom. The molecule has 19 heavy (non-hydrogen) atoms. The third-order valence-electron chi connectivity index (χ3n) is 2.62. The van der Waals surface area contributed by atoms with Gasteiger partial charge in [-0.1, -0.05) is 42.5 Å². The molecule has 0 atom stereocenters. The van der Waals surface area contributed by atoms with Gasteiger partial charge in [0.2, 0.25) is 0 Å². The average molecular weight is 252 g/mol. The van der Waals surface area contributed by atoms with Crippen LogP contribution in [-0.2, 0) is 0 Å². The van der Waals surface area contributed by atoms with Gasteiger partial charge in [-0.05, 0) is 23.8 Å². The van der Waals surface area contributed by atoms with Crippen LogP contribution in [0.2, 0.25) is 0 Å². The second-order valence-electron chi connectivity index (χ2n) is 4.00. The molecule has 0 aromatic heterocycles. The zero-order chi connectivity index (χ0) is 13.5. The highest BCUT2D eigenvalue weighted by Gasteiger charge is 2.01. The number of halogens is 1. The molecule has 0 aliphatic rings. The van der Waals surface area contributed by atoms with E-state index in [-0.39, 0.29) is 0 Å². The predicted molar refractivity (Wildman–Crippen MR) is 75.1 cm³/mol. The molecule has 0 saturated heterocycles. The Hall–Kier alpha value is -2.60. The van der Waals surface area contributed by atoms with E-state index < -0.39 is 5.82 Å². The van der Waals surface area contributed by atoms with Crippen LogP contribution in [0.3, 0.4) is 0 Å². The molecule has 0 spiro atoms. The average Bonchev–Trinajstić information content (AvgIpc) is 2.46. The van der Waals surface area contributed by atoms with Crippen LogP contribution in [0.4, 0.5) is 10.1 Å². The monoisotopic (exact) mass is 252 g/mol. The molecule has 1 N–H and O–H groups in total. The summed E-state index contributed by atoms with van der Waals surface area (Å²) in [6, 6.07) is 16.2. The van der Waals surface area contributed by atoms with Gasteiger partial charge in [0.1, 0.15) is 5.82 Å². The van der Waals surface area contributed by atoms with Crippen molar-refractivity contribution in [2.45, 2.75) is 0 Å². The standard InChI is InChI=1S/C16H13FN2/c17-15-11-14(12-18)8-9-16(15)19-10-4-7-13-5-2-1-3-6-13/h1-9,11,19H,10H2/b7-4+. The highest BCUT2D eigenvalue weighted by Crippen LogP contribution is 2.15. The number of anilines is 1. The number of rotatable bonds is 4. The molecule has 0 amide bonds. The number of hydrogen-bond acceptors (Lipinski definition) is 2. The van der Waals surface area contributed by atoms with E-state index in [0.717, 1.165) is 5.56 Å². The third kappa shape index (κ3) is 3.68. The molecule has 94 valence electrons. The fraction of sp³-hybridized carbons (Fsp3) is 0.0625. The van der Waals surface area contributed by atoms with E-state index in [2.05, 4.69) is 5.32 Å². The van der Waals surface area contributed by atoms with Gasteiger partial charge in [0.15, 0.2) is 0 Å². The molecule has 2 aromatic carbocycles. The lowest BCUT2D eigenvalue weighted by molar-refractivity contribution is 0.630. The zero-order valence-corrected chi connectivity index (χ0v) is 10.3. The van der Waals surface area contributed by atoms with Crippen LogP contribution < -0.4 is 5.32 Å². The summed E-state index contributed by atoms with van der Waals surface area (Å²) < 4.78 is 13.5. The molecule has 0 aliphatic heterocycles. The van der Waals surface area contributed by atoms with Crippen molar-refractivity contribution in [2.75, 3.05) is 11.9 Å². The van der Waals surface area contributed by atoms with E-state index in [1.54, 1.807) is 12.1 Å². The van der Waals surface area contributed by atoms with Crippen molar-refractivity contribution in [3.05, 3.63) is 71.6 Å². The maximum atomic E-state index is 13.5. The summed E-state index contributed by atoms with van der Waals surface area (Å²) in [5.41, 5.74) is 1.82. The summed E-state index contributed by atoms with van der Waals surface area (Å²) in [5, 5.41) is 11.6. The highest BCUT2D eigenvalue weighted by molar-refractivity contribution is 5.52. The minimum Gasteiger partial charge on any atom is -0.379 e. The van der Waals surface area contributed by atoms with E-state index in [9.17, 15) is 4.39 Å². The molecule has 0 heterocycles. The zero-order valence-electron chi connectivity index (χ0n) is 10.3. The number of nitriles is 1. The van der Waals surface area contributed by atoms with Crippen LogP contribution in [0.5, 0.6) is 0 Å². The third-order valence-corrected chi connectivity index (χ3v) is 2.62. The van der Waals surface area contributed by atoms with E-state index in [1.165, 1.54) is 6.07 Å². The normalized spacial score (nSPS) is 10.3. The van der Waals surface area contributed by atoms with Gasteiger partial charge in [-0.2, -0.15) is 5.26 Å². The van der Waals surface area contributed by atoms with Crippen molar-refractivity contribution in [3.8, 4) is 6.07 Å². The molecular weight excluding hydrogens is 239 g/mol. The van der Waals surface area contributed by atoms with E-state index in [1.807, 2.05) is 48.6 Å². The topological polar surface area (TPSA) is 35.8 Å². The molecule has 2 aromatic rings. The largest absolute Gasteiger partial charge is 0.379 e. The molecule has 0 aliphatic carbocycles. The lowest BCUT2D eigenvalue weighted by Gasteiger charge is -2.04. The van der Waals surface area contributed by atoms with Crippen LogP contribution in [-0.4, -0.2) is 6.54 Å². The Bertz CT molecular complexity index is 612. The molecule has 0 fully saturated rings. The fourth-order valence-electron chi connectivity index (χ4n) is 1.66. The number of benzene rings is 2. The summed E-state index contributed by atoms with van der Waals surface area (Å²) in [4.78, 5) is 0. The first-order valence-corrected chi connectivity index (χ1v) is 5.95. The van der Waals surface area contributed by atoms with Crippen LogP contribution in [0, 0.1) is 17.1 Å². The second-order valence-corrected chi connectivity index (χ2v) is 4.00. The molecule has 3 heteroatoms. The van der Waals surface area contributed by atoms with Crippen molar-refractivity contribution in [2.24, 2.45) is 0 Å². The lowest BCUT2D eigenvalue weighted by atomic mass is 10.2. The van der Waals surface area contributed by atoms with Crippen molar-refractivity contribution >= 4 is 11.8 Å². The molecule has 0 unspecified atom stereocenters. The summed E-state index contributed by atoms with van der Waals surface area (Å²) in [7, 11) is 0. The second kappa shape index (κ2) is 6.36. The number of hydrogen-bond donors (Lipinski definition) is 1. The first kappa shape index (κ1) is 12.8. The van der Waals surface area contributed by atoms with Crippen molar-refractivity contribution in [3.63, 3.8) is 0 Å². The SMILES string of the molecule is N#Cc1ccc(NC/C=C/c2ccccc2)c(F)c1. The van der Waals surface area contributed by atoms with Gasteiger partial charge in [0, 0.05) is 6.54 Å². The molecule has 2 nitrogen and oxygen atoms in total. The van der Waals surface area contributed by atoms with Crippen molar-refractivity contribution < 1.29 is 4.39 Å². The van der Waals surface area contributed by atoms with Gasteiger partial charge >= 0.3 is 0 Å². The van der Waals surface area contributed by atoms with Gasteiger partial charge in [-0.15, -0.1) is 0 Å². The van der Waals surface area contributed by atoms with Gasteiger partial charge in [0.05, 0.1) is 17.3 Å². The smallest absolute Gasteiger partial charge is 0.147 e. The minimum atomic E-state index is -0.410. The summed E-state index contributed by atoms with van der Waals surface area (Å²) in [6.07, 6.45) is 3.89. The first-order valence-electron chi connectivity index (χ1n) is 5.95. The van der Waals surface area contributed by atoms with Crippen LogP contribution in [0.25, 0.3) is 6.08 Å². The minimum absolute atomic E-state index is 0.322. The Morgan fingerprint density at radius 3 is 2.63 bits per heavy atom. The van der Waals surface area contributed by atoms with E-state index in [4.69, 9.17) is 5.26 Å². The number of nitrogens with one attached hydrogen (secondary N) is 1. The maximum absolute atomic E-state index is 13.5. The summed E-state index contributed by atoms with van der Waals surface area (Å²) in [5.74, 6) is -0.410. The van der Waals surface area contributed by atoms with Crippen LogP contribution >= 0.6 is 0 Å². The van der Waals surface area contributed by atoms with Gasteiger partial charge in [-0.3, -0.25) is 0 Å². The van der Waals surface area contributed by atoms with Gasteiger partial charge in [-0.25, -0.2) is 4.39 Å². The molecule has 0 radical (unpaired) electrons. The predicted octanol–water partition coefficient (Wildman–Crippen LogP) is 3.82. The maximum Gasteiger partial charge on any atom is 0.147 e. The Balaban J connectivity index is 1.93. The fourth-order valence-corrected chi connectivity index (χ4v) is 1.66. The molecule has 2 rings (SSSR count). The van der Waals surface area contributed by atoms with Crippen LogP contribution in [0.1, 0.15) is 11.1 Å². The Kier molecular flexibility index (Phi) is 4.30. The Morgan fingerprint density at radius 2 is 1.95 bits per heavy atom. The van der Waals surface area contributed by atoms with E-state index >= 15 is 0 Å². The first-order chi connectivity index (χ1) is 9.29. The van der Waals surface area contributed by atoms with Crippen LogP contribution in [0.15, 0.2) is 54.6 Å². The summed E-state index contributed by atoms with van der Waals surface area (Å²) in [6.45, 7) is 0.526. The van der Waals surface area contributed by atoms with E-state index in [0.29, 0.717) is 17.8 Å². The quantitative estimate of drug-likeness (QED) is 0.897. The number of nitrogens with zero attached hydrogens (tertiary/aromatic N) is 1. The molecule has 0 bridgehead atoms. The summed E-state index contributed by atoms with van der Waals surface area (Å²) >= 11 is 0. The van der Waals surface area contributed by atoms with Gasteiger partial charge < -0.3 is 5.32 Å². The lowest BCUT2D eigenvalue weighted by Crippen LogP contribution is -2.00. The molecule has 0 saturated carbocycles. The van der Waals surface area contributed by atoms with Crippen molar-refractivity contribution in [1.82, 2.24) is 0 Å². The molecular formula is C16H13FN2.